The molecule has 0 saturated heterocycles. The van der Waals surface area contributed by atoms with Gasteiger partial charge in [-0.05, 0) is 31.0 Å². The van der Waals surface area contributed by atoms with Crippen LogP contribution in [-0.4, -0.2) is 48.6 Å². The van der Waals surface area contributed by atoms with E-state index in [0.717, 1.165) is 24.5 Å². The van der Waals surface area contributed by atoms with E-state index in [2.05, 4.69) is 15.7 Å². The van der Waals surface area contributed by atoms with Crippen molar-refractivity contribution in [1.82, 2.24) is 15.1 Å². The Morgan fingerprint density at radius 1 is 1.16 bits per heavy atom. The van der Waals surface area contributed by atoms with E-state index in [-0.39, 0.29) is 53.5 Å². The number of aromatic nitrogens is 2. The van der Waals surface area contributed by atoms with Crippen LogP contribution in [0.4, 0.5) is 23.2 Å². The van der Waals surface area contributed by atoms with Crippen molar-refractivity contribution >= 4 is 27.3 Å². The Morgan fingerprint density at radius 3 is 2.63 bits per heavy atom. The standard InChI is InChI=1S/C24H20F4N4O5S/c1-38(35,36)10-18(33)29-21-20(12-3-4-14(26)15(27)7-12)31-32-11-24(30-23(34)22(21)32)5-2-6-37-17-9-13(25)8-16(28)19(17)24/h3-4,7-9H,2,5-6,10-11H2,1H3,(H,29,33)(H,30,34)/t24-/m0/s1. The number of hydrogen-bond donors (Lipinski definition) is 2. The first kappa shape index (κ1) is 25.7. The topological polar surface area (TPSA) is 119 Å². The van der Waals surface area contributed by atoms with Crippen LogP contribution in [-0.2, 0) is 26.7 Å². The molecule has 0 saturated carbocycles. The van der Waals surface area contributed by atoms with E-state index in [1.54, 1.807) is 0 Å². The van der Waals surface area contributed by atoms with Crippen molar-refractivity contribution in [3.63, 3.8) is 0 Å². The van der Waals surface area contributed by atoms with Crippen molar-refractivity contribution in [2.75, 3.05) is 23.9 Å². The van der Waals surface area contributed by atoms with E-state index in [4.69, 9.17) is 4.74 Å². The van der Waals surface area contributed by atoms with Crippen molar-refractivity contribution in [1.29, 1.82) is 0 Å². The molecule has 5 rings (SSSR count). The molecule has 0 fully saturated rings. The predicted octanol–water partition coefficient (Wildman–Crippen LogP) is 2.90. The van der Waals surface area contributed by atoms with Crippen LogP contribution in [0.25, 0.3) is 11.3 Å². The fraction of sp³-hybridized carbons (Fsp3) is 0.292. The number of hydrogen-bond acceptors (Lipinski definition) is 6. The molecule has 200 valence electrons. The highest BCUT2D eigenvalue weighted by atomic mass is 32.2. The number of rotatable bonds is 4. The van der Waals surface area contributed by atoms with E-state index in [0.29, 0.717) is 12.5 Å². The number of halogens is 4. The highest BCUT2D eigenvalue weighted by molar-refractivity contribution is 7.91. The van der Waals surface area contributed by atoms with Gasteiger partial charge in [0.2, 0.25) is 5.91 Å². The van der Waals surface area contributed by atoms with Crippen LogP contribution in [0.1, 0.15) is 28.9 Å². The molecule has 1 atom stereocenters. The number of nitrogens with zero attached hydrogens (tertiary/aromatic N) is 2. The van der Waals surface area contributed by atoms with Crippen LogP contribution >= 0.6 is 0 Å². The molecular formula is C24H20F4N4O5S. The summed E-state index contributed by atoms with van der Waals surface area (Å²) >= 11 is 0. The van der Waals surface area contributed by atoms with Gasteiger partial charge in [0.05, 0.1) is 24.3 Å². The van der Waals surface area contributed by atoms with Crippen LogP contribution in [0.5, 0.6) is 5.75 Å². The first-order chi connectivity index (χ1) is 17.9. The highest BCUT2D eigenvalue weighted by Crippen LogP contribution is 2.44. The molecule has 2 aromatic carbocycles. The van der Waals surface area contributed by atoms with Gasteiger partial charge in [-0.25, -0.2) is 26.0 Å². The van der Waals surface area contributed by atoms with Gasteiger partial charge in [0, 0.05) is 24.0 Å². The van der Waals surface area contributed by atoms with Crippen LogP contribution < -0.4 is 15.4 Å². The lowest BCUT2D eigenvalue weighted by Crippen LogP contribution is -2.54. The van der Waals surface area contributed by atoms with Crippen molar-refractivity contribution in [3.05, 3.63) is 64.9 Å². The largest absolute Gasteiger partial charge is 0.493 e. The monoisotopic (exact) mass is 552 g/mol. The van der Waals surface area contributed by atoms with Crippen LogP contribution in [0, 0.1) is 23.3 Å². The quantitative estimate of drug-likeness (QED) is 0.481. The number of amides is 2. The molecule has 14 heteroatoms. The molecule has 3 heterocycles. The summed E-state index contributed by atoms with van der Waals surface area (Å²) in [5.74, 6) is -6.98. The molecule has 38 heavy (non-hydrogen) atoms. The van der Waals surface area contributed by atoms with Crippen molar-refractivity contribution in [3.8, 4) is 17.0 Å². The van der Waals surface area contributed by atoms with Gasteiger partial charge in [-0.3, -0.25) is 14.3 Å². The lowest BCUT2D eigenvalue weighted by Gasteiger charge is -2.38. The second-order valence-corrected chi connectivity index (χ2v) is 11.4. The first-order valence-electron chi connectivity index (χ1n) is 11.4. The minimum Gasteiger partial charge on any atom is -0.493 e. The number of carbonyl (C=O) groups is 2. The molecule has 1 aromatic heterocycles. The van der Waals surface area contributed by atoms with Gasteiger partial charge in [-0.15, -0.1) is 0 Å². The van der Waals surface area contributed by atoms with Gasteiger partial charge < -0.3 is 15.4 Å². The summed E-state index contributed by atoms with van der Waals surface area (Å²) in [5, 5.41) is 9.46. The summed E-state index contributed by atoms with van der Waals surface area (Å²) in [6.07, 6.45) is 1.39. The number of ether oxygens (including phenoxy) is 1. The van der Waals surface area contributed by atoms with E-state index in [1.807, 2.05) is 0 Å². The zero-order chi connectivity index (χ0) is 27.4. The van der Waals surface area contributed by atoms with Crippen LogP contribution in [0.2, 0.25) is 0 Å². The average molecular weight is 553 g/mol. The molecule has 0 radical (unpaired) electrons. The Balaban J connectivity index is 1.67. The summed E-state index contributed by atoms with van der Waals surface area (Å²) in [6.45, 7) is -0.0575. The smallest absolute Gasteiger partial charge is 0.272 e. The minimum atomic E-state index is -3.75. The van der Waals surface area contributed by atoms with Gasteiger partial charge in [0.1, 0.15) is 34.5 Å². The number of fused-ring (bicyclic) bond motifs is 3. The van der Waals surface area contributed by atoms with Crippen molar-refractivity contribution in [2.45, 2.75) is 24.9 Å². The fourth-order valence-corrected chi connectivity index (χ4v) is 5.40. The molecule has 2 amide bonds. The van der Waals surface area contributed by atoms with Crippen molar-refractivity contribution < 1.29 is 40.3 Å². The molecule has 2 aliphatic rings. The number of nitrogens with one attached hydrogen (secondary N) is 2. The number of anilines is 1. The summed E-state index contributed by atoms with van der Waals surface area (Å²) < 4.78 is 86.7. The molecule has 3 aromatic rings. The van der Waals surface area contributed by atoms with Crippen LogP contribution in [0.3, 0.4) is 0 Å². The third-order valence-corrected chi connectivity index (χ3v) is 7.08. The maximum atomic E-state index is 15.1. The maximum absolute atomic E-state index is 15.1. The van der Waals surface area contributed by atoms with Crippen LogP contribution in [0.15, 0.2) is 30.3 Å². The molecule has 1 spiro atoms. The first-order valence-corrected chi connectivity index (χ1v) is 13.4. The van der Waals surface area contributed by atoms with E-state index in [1.165, 1.54) is 10.7 Å². The SMILES string of the molecule is CS(=O)(=O)CC(=O)Nc1c(-c2ccc(F)c(F)c2)nn2c1C(=O)N[C@@]1(CCCOc3cc(F)cc(F)c31)C2. The summed E-state index contributed by atoms with van der Waals surface area (Å²) in [4.78, 5) is 26.0. The van der Waals surface area contributed by atoms with E-state index < -0.39 is 56.2 Å². The maximum Gasteiger partial charge on any atom is 0.272 e. The van der Waals surface area contributed by atoms with Gasteiger partial charge in [-0.2, -0.15) is 5.10 Å². The Kier molecular flexibility index (Phi) is 6.16. The van der Waals surface area contributed by atoms with Gasteiger partial charge in [-0.1, -0.05) is 0 Å². The number of benzene rings is 2. The second-order valence-electron chi connectivity index (χ2n) is 9.23. The summed E-state index contributed by atoms with van der Waals surface area (Å²) in [5.41, 5.74) is -2.10. The van der Waals surface area contributed by atoms with Gasteiger partial charge >= 0.3 is 0 Å². The van der Waals surface area contributed by atoms with E-state index >= 15 is 4.39 Å². The normalized spacial score (nSPS) is 18.7. The molecule has 0 aliphatic carbocycles. The molecule has 0 bridgehead atoms. The molecule has 2 N–H and O–H groups in total. The Labute approximate surface area is 213 Å². The third-order valence-electron chi connectivity index (χ3n) is 6.29. The average Bonchev–Trinajstić information content (AvgIpc) is 3.05. The van der Waals surface area contributed by atoms with E-state index in [9.17, 15) is 31.2 Å². The third kappa shape index (κ3) is 4.59. The molecule has 2 aliphatic heterocycles. The Bertz CT molecular complexity index is 1610. The lowest BCUT2D eigenvalue weighted by molar-refractivity contribution is -0.113. The van der Waals surface area contributed by atoms with Gasteiger partial charge in [0.15, 0.2) is 27.2 Å². The highest BCUT2D eigenvalue weighted by Gasteiger charge is 2.46. The van der Waals surface area contributed by atoms with Crippen molar-refractivity contribution in [2.24, 2.45) is 0 Å². The lowest BCUT2D eigenvalue weighted by atomic mass is 9.83. The zero-order valence-electron chi connectivity index (χ0n) is 19.8. The zero-order valence-corrected chi connectivity index (χ0v) is 20.6. The second kappa shape index (κ2) is 9.11. The number of carbonyl (C=O) groups excluding carboxylic acids is 2. The molecule has 0 unspecified atom stereocenters. The summed E-state index contributed by atoms with van der Waals surface area (Å²) in [6, 6.07) is 4.49. The summed E-state index contributed by atoms with van der Waals surface area (Å²) in [7, 11) is -3.75. The molecular weight excluding hydrogens is 532 g/mol. The predicted molar refractivity (Wildman–Crippen MR) is 126 cm³/mol. The fourth-order valence-electron chi connectivity index (χ4n) is 4.85. The Hall–Kier alpha value is -3.94. The Morgan fingerprint density at radius 2 is 1.92 bits per heavy atom. The molecule has 9 nitrogen and oxygen atoms in total. The number of sulfone groups is 1. The minimum absolute atomic E-state index is 0.0137. The van der Waals surface area contributed by atoms with Gasteiger partial charge in [0.25, 0.3) is 5.91 Å².